The topological polar surface area (TPSA) is 53.4 Å². The van der Waals surface area contributed by atoms with Crippen molar-refractivity contribution >= 4 is 22.6 Å². The Labute approximate surface area is 196 Å². The standard InChI is InChI=1S/C27H35N5O/c1-30-25-13-12-23(28-27(33)22-10-6-3-7-11-22)18-24(25)29-26(30)20-32-16-14-31(15-17-32)19-21-8-4-2-5-9-21/h2,4-5,8-9,12-13,18,22H,3,6-7,10-11,14-17,19-20H2,1H3,(H,28,33). The molecule has 5 rings (SSSR count). The molecular weight excluding hydrogens is 410 g/mol. The molecule has 33 heavy (non-hydrogen) atoms. The van der Waals surface area contributed by atoms with E-state index in [-0.39, 0.29) is 11.8 Å². The summed E-state index contributed by atoms with van der Waals surface area (Å²) in [4.78, 5) is 22.6. The molecule has 0 radical (unpaired) electrons. The smallest absolute Gasteiger partial charge is 0.227 e. The second-order valence-electron chi connectivity index (χ2n) is 9.65. The zero-order valence-electron chi connectivity index (χ0n) is 19.7. The number of aromatic nitrogens is 2. The lowest BCUT2D eigenvalue weighted by atomic mass is 9.88. The average molecular weight is 446 g/mol. The Kier molecular flexibility index (Phi) is 6.74. The third kappa shape index (κ3) is 5.28. The maximum Gasteiger partial charge on any atom is 0.227 e. The minimum Gasteiger partial charge on any atom is -0.330 e. The molecule has 2 aromatic carbocycles. The van der Waals surface area contributed by atoms with Crippen molar-refractivity contribution in [1.82, 2.24) is 19.4 Å². The molecular formula is C27H35N5O. The first-order valence-electron chi connectivity index (χ1n) is 12.4. The Morgan fingerprint density at radius 2 is 1.64 bits per heavy atom. The number of amides is 1. The fourth-order valence-corrected chi connectivity index (χ4v) is 5.23. The molecule has 2 fully saturated rings. The summed E-state index contributed by atoms with van der Waals surface area (Å²) in [5.74, 6) is 1.41. The summed E-state index contributed by atoms with van der Waals surface area (Å²) in [6.07, 6.45) is 5.62. The number of piperazine rings is 1. The van der Waals surface area contributed by atoms with Gasteiger partial charge in [-0.1, -0.05) is 49.6 Å². The Morgan fingerprint density at radius 1 is 0.939 bits per heavy atom. The minimum atomic E-state index is 0.161. The highest BCUT2D eigenvalue weighted by atomic mass is 16.1. The van der Waals surface area contributed by atoms with E-state index in [1.54, 1.807) is 0 Å². The Bertz CT molecular complexity index is 1080. The van der Waals surface area contributed by atoms with Gasteiger partial charge in [0.2, 0.25) is 5.91 Å². The number of hydrogen-bond donors (Lipinski definition) is 1. The maximum atomic E-state index is 12.6. The van der Waals surface area contributed by atoms with Gasteiger partial charge in [-0.3, -0.25) is 14.6 Å². The van der Waals surface area contributed by atoms with E-state index in [0.29, 0.717) is 0 Å². The maximum absolute atomic E-state index is 12.6. The number of aryl methyl sites for hydroxylation is 1. The van der Waals surface area contributed by atoms with Gasteiger partial charge < -0.3 is 9.88 Å². The number of nitrogens with one attached hydrogen (secondary N) is 1. The molecule has 6 heteroatoms. The summed E-state index contributed by atoms with van der Waals surface area (Å²) in [5, 5.41) is 3.13. The predicted octanol–water partition coefficient (Wildman–Crippen LogP) is 4.41. The number of hydrogen-bond acceptors (Lipinski definition) is 4. The summed E-state index contributed by atoms with van der Waals surface area (Å²) >= 11 is 0. The van der Waals surface area contributed by atoms with Gasteiger partial charge in [-0.05, 0) is 36.6 Å². The van der Waals surface area contributed by atoms with E-state index in [1.807, 2.05) is 12.1 Å². The van der Waals surface area contributed by atoms with Gasteiger partial charge in [-0.2, -0.15) is 0 Å². The quantitative estimate of drug-likeness (QED) is 0.611. The molecule has 1 amide bonds. The number of benzene rings is 2. The lowest BCUT2D eigenvalue weighted by Gasteiger charge is -2.34. The van der Waals surface area contributed by atoms with Crippen LogP contribution in [0.1, 0.15) is 43.5 Å². The molecule has 1 aliphatic heterocycles. The van der Waals surface area contributed by atoms with E-state index in [9.17, 15) is 4.79 Å². The van der Waals surface area contributed by atoms with Crippen molar-refractivity contribution in [2.24, 2.45) is 13.0 Å². The zero-order valence-corrected chi connectivity index (χ0v) is 19.7. The first kappa shape index (κ1) is 22.1. The van der Waals surface area contributed by atoms with Gasteiger partial charge in [-0.15, -0.1) is 0 Å². The van der Waals surface area contributed by atoms with Gasteiger partial charge in [0.1, 0.15) is 5.82 Å². The van der Waals surface area contributed by atoms with Crippen LogP contribution < -0.4 is 5.32 Å². The molecule has 1 saturated heterocycles. The van der Waals surface area contributed by atoms with Crippen LogP contribution in [0, 0.1) is 5.92 Å². The van der Waals surface area contributed by atoms with Crippen LogP contribution in [0.15, 0.2) is 48.5 Å². The van der Waals surface area contributed by atoms with Crippen LogP contribution >= 0.6 is 0 Å². The number of imidazole rings is 1. The van der Waals surface area contributed by atoms with Crippen LogP contribution in [-0.2, 0) is 24.9 Å². The Balaban J connectivity index is 1.19. The summed E-state index contributed by atoms with van der Waals surface area (Å²) in [6.45, 7) is 6.15. The number of carbonyl (C=O) groups is 1. The van der Waals surface area contributed by atoms with Crippen molar-refractivity contribution in [3.63, 3.8) is 0 Å². The normalized spacial score (nSPS) is 18.6. The fraction of sp³-hybridized carbons (Fsp3) is 0.481. The molecule has 174 valence electrons. The molecule has 1 N–H and O–H groups in total. The van der Waals surface area contributed by atoms with Crippen LogP contribution in [0.3, 0.4) is 0 Å². The number of fused-ring (bicyclic) bond motifs is 1. The molecule has 2 heterocycles. The van der Waals surface area contributed by atoms with Crippen LogP contribution in [0.4, 0.5) is 5.69 Å². The van der Waals surface area contributed by atoms with Crippen molar-refractivity contribution in [3.05, 3.63) is 59.9 Å². The van der Waals surface area contributed by atoms with Gasteiger partial charge in [0.05, 0.1) is 17.6 Å². The highest BCUT2D eigenvalue weighted by Crippen LogP contribution is 2.26. The van der Waals surface area contributed by atoms with Crippen LogP contribution in [0.25, 0.3) is 11.0 Å². The first-order valence-corrected chi connectivity index (χ1v) is 12.4. The second-order valence-corrected chi connectivity index (χ2v) is 9.65. The van der Waals surface area contributed by atoms with Crippen molar-refractivity contribution in [1.29, 1.82) is 0 Å². The van der Waals surface area contributed by atoms with Gasteiger partial charge in [0.15, 0.2) is 0 Å². The van der Waals surface area contributed by atoms with Crippen molar-refractivity contribution in [3.8, 4) is 0 Å². The molecule has 0 unspecified atom stereocenters. The van der Waals surface area contributed by atoms with Gasteiger partial charge in [-0.25, -0.2) is 4.98 Å². The highest BCUT2D eigenvalue weighted by molar-refractivity contribution is 5.94. The van der Waals surface area contributed by atoms with Crippen LogP contribution in [0.5, 0.6) is 0 Å². The summed E-state index contributed by atoms with van der Waals surface area (Å²) in [5.41, 5.74) is 4.31. The van der Waals surface area contributed by atoms with Crippen LogP contribution in [-0.4, -0.2) is 51.4 Å². The molecule has 0 bridgehead atoms. The highest BCUT2D eigenvalue weighted by Gasteiger charge is 2.22. The van der Waals surface area contributed by atoms with Crippen molar-refractivity contribution in [2.45, 2.75) is 45.2 Å². The summed E-state index contributed by atoms with van der Waals surface area (Å²) < 4.78 is 2.19. The molecule has 1 saturated carbocycles. The predicted molar refractivity (Wildman–Crippen MR) is 133 cm³/mol. The van der Waals surface area contributed by atoms with E-state index in [0.717, 1.165) is 74.7 Å². The van der Waals surface area contributed by atoms with Crippen LogP contribution in [0.2, 0.25) is 0 Å². The van der Waals surface area contributed by atoms with Crippen molar-refractivity contribution < 1.29 is 4.79 Å². The molecule has 0 spiro atoms. The molecule has 1 aliphatic carbocycles. The van der Waals surface area contributed by atoms with Crippen molar-refractivity contribution in [2.75, 3.05) is 31.5 Å². The summed E-state index contributed by atoms with van der Waals surface area (Å²) in [7, 11) is 2.09. The lowest BCUT2D eigenvalue weighted by molar-refractivity contribution is -0.120. The number of nitrogens with zero attached hydrogens (tertiary/aromatic N) is 4. The Morgan fingerprint density at radius 3 is 2.36 bits per heavy atom. The molecule has 0 atom stereocenters. The van der Waals surface area contributed by atoms with E-state index in [1.165, 1.54) is 24.8 Å². The molecule has 6 nitrogen and oxygen atoms in total. The lowest BCUT2D eigenvalue weighted by Crippen LogP contribution is -2.45. The monoisotopic (exact) mass is 445 g/mol. The molecule has 2 aliphatic rings. The van der Waals surface area contributed by atoms with E-state index < -0.39 is 0 Å². The molecule has 3 aromatic rings. The van der Waals surface area contributed by atoms with E-state index in [2.05, 4.69) is 63.1 Å². The van der Waals surface area contributed by atoms with E-state index >= 15 is 0 Å². The summed E-state index contributed by atoms with van der Waals surface area (Å²) in [6, 6.07) is 16.8. The second kappa shape index (κ2) is 10.1. The zero-order chi connectivity index (χ0) is 22.6. The first-order chi connectivity index (χ1) is 16.2. The fourth-order valence-electron chi connectivity index (χ4n) is 5.23. The Hall–Kier alpha value is -2.70. The third-order valence-electron chi connectivity index (χ3n) is 7.30. The van der Waals surface area contributed by atoms with Gasteiger partial charge in [0, 0.05) is 51.4 Å². The third-order valence-corrected chi connectivity index (χ3v) is 7.30. The van der Waals surface area contributed by atoms with Gasteiger partial charge in [0.25, 0.3) is 0 Å². The minimum absolute atomic E-state index is 0.161. The molecule has 1 aromatic heterocycles. The number of anilines is 1. The number of carbonyl (C=O) groups excluding carboxylic acids is 1. The number of rotatable bonds is 6. The SMILES string of the molecule is Cn1c(CN2CCN(Cc3ccccc3)CC2)nc2cc(NC(=O)C3CCCCC3)ccc21. The average Bonchev–Trinajstić information content (AvgIpc) is 3.16. The van der Waals surface area contributed by atoms with Gasteiger partial charge >= 0.3 is 0 Å². The van der Waals surface area contributed by atoms with E-state index in [4.69, 9.17) is 4.98 Å². The largest absolute Gasteiger partial charge is 0.330 e.